The molecule has 0 aliphatic heterocycles. The van der Waals surface area contributed by atoms with Crippen molar-refractivity contribution < 1.29 is 5.11 Å². The van der Waals surface area contributed by atoms with Crippen molar-refractivity contribution in [1.29, 1.82) is 5.26 Å². The lowest BCUT2D eigenvalue weighted by molar-refractivity contribution is 0.427. The summed E-state index contributed by atoms with van der Waals surface area (Å²) in [6.07, 6.45) is 0. The largest absolute Gasteiger partial charge is 0.492 e. The lowest BCUT2D eigenvalue weighted by Crippen LogP contribution is -2.28. The summed E-state index contributed by atoms with van der Waals surface area (Å²) in [5.41, 5.74) is -0.573. The molecule has 0 saturated heterocycles. The molecule has 1 heterocycles. The molecule has 0 amide bonds. The van der Waals surface area contributed by atoms with E-state index in [0.29, 0.717) is 4.68 Å². The van der Waals surface area contributed by atoms with Crippen molar-refractivity contribution in [1.82, 2.24) is 4.68 Å². The average Bonchev–Trinajstić information content (AvgIpc) is 2.22. The first-order valence-corrected chi connectivity index (χ1v) is 3.98. The average molecular weight is 207 g/mol. The Morgan fingerprint density at radius 1 is 1.60 bits per heavy atom. The second-order valence-electron chi connectivity index (χ2n) is 2.76. The quantitative estimate of drug-likeness (QED) is 0.503. The van der Waals surface area contributed by atoms with Crippen molar-refractivity contribution in [3.63, 3.8) is 0 Å². The van der Waals surface area contributed by atoms with Crippen LogP contribution in [0.4, 0.5) is 5.69 Å². The first kappa shape index (κ1) is 10.7. The normalized spacial score (nSPS) is 10.5. The van der Waals surface area contributed by atoms with Crippen molar-refractivity contribution in [3.05, 3.63) is 21.5 Å². The minimum absolute atomic E-state index is 0.0469. The number of aromatic hydroxyl groups is 1. The van der Waals surface area contributed by atoms with E-state index in [-0.39, 0.29) is 16.8 Å². The molecule has 1 aromatic rings. The highest BCUT2D eigenvalue weighted by Crippen LogP contribution is 2.23. The molecule has 0 radical (unpaired) electrons. The molecule has 7 heteroatoms. The molecule has 0 fully saturated rings. The maximum Gasteiger partial charge on any atom is 0.299 e. The van der Waals surface area contributed by atoms with Crippen molar-refractivity contribution in [2.75, 3.05) is 12.9 Å². The SMILES string of the molecule is CN=Nc1c(C)c(C#N)c(O)n(N)c1=O. The second-order valence-corrected chi connectivity index (χ2v) is 2.76. The highest BCUT2D eigenvalue weighted by molar-refractivity contribution is 5.56. The Balaban J connectivity index is 3.78. The van der Waals surface area contributed by atoms with Crippen LogP contribution < -0.4 is 11.4 Å². The number of nitrogens with two attached hydrogens (primary N) is 1. The number of nitrogens with zero attached hydrogens (tertiary/aromatic N) is 4. The van der Waals surface area contributed by atoms with E-state index in [9.17, 15) is 9.90 Å². The Bertz CT molecular complexity index is 523. The summed E-state index contributed by atoms with van der Waals surface area (Å²) in [7, 11) is 1.39. The zero-order chi connectivity index (χ0) is 11.6. The van der Waals surface area contributed by atoms with Gasteiger partial charge in [0.05, 0.1) is 0 Å². The van der Waals surface area contributed by atoms with Gasteiger partial charge in [0.1, 0.15) is 11.6 Å². The Hall–Kier alpha value is -2.36. The summed E-state index contributed by atoms with van der Waals surface area (Å²) in [5.74, 6) is 4.69. The molecule has 3 N–H and O–H groups in total. The number of hydrogen-bond donors (Lipinski definition) is 2. The maximum absolute atomic E-state index is 11.5. The van der Waals surface area contributed by atoms with E-state index >= 15 is 0 Å². The summed E-state index contributed by atoms with van der Waals surface area (Å²) < 4.78 is 0.468. The Kier molecular flexibility index (Phi) is 2.71. The highest BCUT2D eigenvalue weighted by atomic mass is 16.3. The van der Waals surface area contributed by atoms with Gasteiger partial charge in [0.25, 0.3) is 5.56 Å². The molecule has 0 bridgehead atoms. The molecule has 0 aliphatic carbocycles. The van der Waals surface area contributed by atoms with Gasteiger partial charge in [-0.1, -0.05) is 0 Å². The molecule has 0 aromatic carbocycles. The summed E-state index contributed by atoms with van der Waals surface area (Å²) in [5, 5.41) is 25.2. The predicted molar refractivity (Wildman–Crippen MR) is 52.4 cm³/mol. The summed E-state index contributed by atoms with van der Waals surface area (Å²) in [6.45, 7) is 1.49. The van der Waals surface area contributed by atoms with Crippen LogP contribution in [0.1, 0.15) is 11.1 Å². The maximum atomic E-state index is 11.5. The molecule has 0 aliphatic rings. The number of nitriles is 1. The van der Waals surface area contributed by atoms with Crippen LogP contribution in [-0.2, 0) is 0 Å². The third-order valence-corrected chi connectivity index (χ3v) is 1.92. The lowest BCUT2D eigenvalue weighted by Gasteiger charge is -2.07. The van der Waals surface area contributed by atoms with Crippen LogP contribution in [0.5, 0.6) is 5.88 Å². The zero-order valence-electron chi connectivity index (χ0n) is 8.22. The number of azo groups is 1. The van der Waals surface area contributed by atoms with Gasteiger partial charge in [-0.3, -0.25) is 4.79 Å². The van der Waals surface area contributed by atoms with Crippen LogP contribution >= 0.6 is 0 Å². The Morgan fingerprint density at radius 2 is 2.20 bits per heavy atom. The molecule has 1 rings (SSSR count). The number of nitrogen functional groups attached to an aromatic ring is 1. The fraction of sp³-hybridized carbons (Fsp3) is 0.250. The fourth-order valence-electron chi connectivity index (χ4n) is 1.13. The Morgan fingerprint density at radius 3 is 2.67 bits per heavy atom. The van der Waals surface area contributed by atoms with Crippen molar-refractivity contribution in [2.45, 2.75) is 6.92 Å². The van der Waals surface area contributed by atoms with Gasteiger partial charge in [0.15, 0.2) is 5.69 Å². The third kappa shape index (κ3) is 1.52. The van der Waals surface area contributed by atoms with E-state index in [4.69, 9.17) is 11.1 Å². The van der Waals surface area contributed by atoms with Crippen LogP contribution in [0.3, 0.4) is 0 Å². The van der Waals surface area contributed by atoms with Gasteiger partial charge in [0, 0.05) is 12.6 Å². The van der Waals surface area contributed by atoms with E-state index in [1.165, 1.54) is 14.0 Å². The second kappa shape index (κ2) is 3.79. The molecule has 1 aromatic heterocycles. The molecule has 0 atom stereocenters. The number of hydrogen-bond acceptors (Lipinski definition) is 6. The molecular weight excluding hydrogens is 198 g/mol. The van der Waals surface area contributed by atoms with Gasteiger partial charge in [0.2, 0.25) is 5.88 Å². The van der Waals surface area contributed by atoms with Crippen molar-refractivity contribution >= 4 is 5.69 Å². The van der Waals surface area contributed by atoms with Gasteiger partial charge in [-0.2, -0.15) is 20.2 Å². The smallest absolute Gasteiger partial charge is 0.299 e. The van der Waals surface area contributed by atoms with Crippen LogP contribution in [0.25, 0.3) is 0 Å². The fourth-order valence-corrected chi connectivity index (χ4v) is 1.13. The summed E-state index contributed by atoms with van der Waals surface area (Å²) in [6, 6.07) is 1.74. The lowest BCUT2D eigenvalue weighted by atomic mass is 10.1. The van der Waals surface area contributed by atoms with Crippen molar-refractivity contribution in [2.24, 2.45) is 10.2 Å². The predicted octanol–water partition coefficient (Wildman–Crippen LogP) is 0.161. The van der Waals surface area contributed by atoms with E-state index in [1.807, 2.05) is 0 Å². The topological polar surface area (TPSA) is 117 Å². The van der Waals surface area contributed by atoms with Crippen LogP contribution in [0, 0.1) is 18.3 Å². The number of rotatable bonds is 1. The van der Waals surface area contributed by atoms with E-state index in [0.717, 1.165) is 0 Å². The first-order chi connectivity index (χ1) is 7.04. The molecule has 15 heavy (non-hydrogen) atoms. The third-order valence-electron chi connectivity index (χ3n) is 1.92. The summed E-state index contributed by atoms with van der Waals surface area (Å²) in [4.78, 5) is 11.5. The monoisotopic (exact) mass is 207 g/mol. The standard InChI is InChI=1S/C8H9N5O2/c1-4-5(3-9)7(14)13(10)8(15)6(4)12-11-2/h14H,10H2,1-2H3. The summed E-state index contributed by atoms with van der Waals surface area (Å²) >= 11 is 0. The van der Waals surface area contributed by atoms with Crippen LogP contribution in [-0.4, -0.2) is 16.8 Å². The number of aromatic nitrogens is 1. The van der Waals surface area contributed by atoms with Crippen LogP contribution in [0.15, 0.2) is 15.0 Å². The van der Waals surface area contributed by atoms with E-state index in [2.05, 4.69) is 10.2 Å². The van der Waals surface area contributed by atoms with E-state index < -0.39 is 11.4 Å². The van der Waals surface area contributed by atoms with Gasteiger partial charge in [-0.15, -0.1) is 0 Å². The minimum atomic E-state index is -0.699. The molecule has 0 unspecified atom stereocenters. The molecule has 7 nitrogen and oxygen atoms in total. The zero-order valence-corrected chi connectivity index (χ0v) is 8.22. The van der Waals surface area contributed by atoms with Crippen LogP contribution in [0.2, 0.25) is 0 Å². The first-order valence-electron chi connectivity index (χ1n) is 3.98. The number of pyridine rings is 1. The van der Waals surface area contributed by atoms with Gasteiger partial charge in [-0.25, -0.2) is 0 Å². The van der Waals surface area contributed by atoms with Crippen molar-refractivity contribution in [3.8, 4) is 11.9 Å². The van der Waals surface area contributed by atoms with Gasteiger partial charge >= 0.3 is 0 Å². The van der Waals surface area contributed by atoms with Gasteiger partial charge < -0.3 is 10.9 Å². The van der Waals surface area contributed by atoms with Gasteiger partial charge in [-0.05, 0) is 6.92 Å². The molecular formula is C8H9N5O2. The Labute approximate surface area is 85.1 Å². The highest BCUT2D eigenvalue weighted by Gasteiger charge is 2.17. The minimum Gasteiger partial charge on any atom is -0.492 e. The van der Waals surface area contributed by atoms with E-state index in [1.54, 1.807) is 6.07 Å². The molecule has 0 spiro atoms. The molecule has 78 valence electrons. The molecule has 0 saturated carbocycles.